The van der Waals surface area contributed by atoms with E-state index >= 15 is 0 Å². The van der Waals surface area contributed by atoms with E-state index < -0.39 is 0 Å². The summed E-state index contributed by atoms with van der Waals surface area (Å²) in [6.45, 7) is 2.62. The molecule has 61 heavy (non-hydrogen) atoms. The Morgan fingerprint density at radius 1 is 0.410 bits per heavy atom. The van der Waals surface area contributed by atoms with Gasteiger partial charge in [0.2, 0.25) is 13.4 Å². The minimum absolute atomic E-state index is 0.104. The Labute approximate surface area is 362 Å². The number of hydrogen-bond donors (Lipinski definition) is 0. The highest BCUT2D eigenvalue weighted by atomic mass is 32.2. The fourth-order valence-corrected chi connectivity index (χ4v) is 14.4. The molecule has 2 aromatic heterocycles. The lowest BCUT2D eigenvalue weighted by Crippen LogP contribution is -2.63. The molecule has 4 aliphatic rings. The van der Waals surface area contributed by atoms with Crippen molar-refractivity contribution in [3.63, 3.8) is 0 Å². The van der Waals surface area contributed by atoms with Crippen LogP contribution >= 0.6 is 23.5 Å². The van der Waals surface area contributed by atoms with Gasteiger partial charge in [-0.05, 0) is 93.0 Å². The van der Waals surface area contributed by atoms with Gasteiger partial charge in [-0.15, -0.1) is 0 Å². The normalized spacial score (nSPS) is 13.8. The quantitative estimate of drug-likeness (QED) is 0.161. The van der Waals surface area contributed by atoms with Crippen LogP contribution in [0.25, 0.3) is 77.2 Å². The minimum Gasteiger partial charge on any atom is -0.310 e. The summed E-state index contributed by atoms with van der Waals surface area (Å²) in [5, 5.41) is 5.34. The van der Waals surface area contributed by atoms with E-state index in [-0.39, 0.29) is 13.4 Å². The van der Waals surface area contributed by atoms with Crippen LogP contribution in [0, 0.1) is 6.92 Å². The van der Waals surface area contributed by atoms with Gasteiger partial charge in [-0.2, -0.15) is 0 Å². The molecule has 0 radical (unpaired) electrons. The highest BCUT2D eigenvalue weighted by molar-refractivity contribution is 8.01. The Bertz CT molecular complexity index is 3550. The van der Waals surface area contributed by atoms with Gasteiger partial charge in [-0.25, -0.2) is 0 Å². The van der Waals surface area contributed by atoms with E-state index in [1.165, 1.54) is 135 Å². The van der Waals surface area contributed by atoms with Gasteiger partial charge in [-0.1, -0.05) is 174 Å². The van der Waals surface area contributed by atoms with Crippen molar-refractivity contribution < 1.29 is 0 Å². The molecule has 9 aromatic carbocycles. The first-order chi connectivity index (χ1) is 30.2. The van der Waals surface area contributed by atoms with Crippen molar-refractivity contribution in [3.8, 4) is 33.6 Å². The zero-order chi connectivity index (χ0) is 39.7. The molecule has 0 amide bonds. The number of hydrogen-bond acceptors (Lipinski definition) is 2. The van der Waals surface area contributed by atoms with Crippen LogP contribution in [0.1, 0.15) is 5.56 Å². The molecule has 0 saturated carbocycles. The molecule has 0 atom stereocenters. The molecule has 0 bridgehead atoms. The van der Waals surface area contributed by atoms with Gasteiger partial charge in [0.1, 0.15) is 0 Å². The maximum atomic E-state index is 2.66. The predicted octanol–water partition coefficient (Wildman–Crippen LogP) is 10.1. The van der Waals surface area contributed by atoms with Gasteiger partial charge in [0.05, 0.1) is 22.1 Å². The van der Waals surface area contributed by atoms with Crippen molar-refractivity contribution in [3.05, 3.63) is 181 Å². The molecule has 4 aliphatic heterocycles. The minimum atomic E-state index is 0.104. The summed E-state index contributed by atoms with van der Waals surface area (Å²) < 4.78 is 5.17. The average Bonchev–Trinajstić information content (AvgIpc) is 3.86. The zero-order valence-electron chi connectivity index (χ0n) is 33.1. The van der Waals surface area contributed by atoms with Crippen molar-refractivity contribution in [2.75, 3.05) is 0 Å². The molecular formula is C55H32B2N2S2. The zero-order valence-corrected chi connectivity index (χ0v) is 34.7. The summed E-state index contributed by atoms with van der Waals surface area (Å²) >= 11 is 4.00. The lowest BCUT2D eigenvalue weighted by atomic mass is 9.32. The first-order valence-electron chi connectivity index (χ1n) is 21.3. The standard InChI is InChI=1S/C55H32B2N2S2/c1-31-54-40(56-38-22-10-14-26-44(38)58-42-24-12-8-20-34(42)48-36(32-16-4-2-5-17-32)28-46(60-54)50(56)52(48)58)30-41-55(31)61-47-29-37(33-18-6-3-7-19-33)49-35-21-9-13-25-43(35)59-45-27-15-11-23-39(45)57(41)51(47)53(49)59/h2-30H,1H3. The number of para-hydroxylation sites is 4. The number of nitrogens with zero attached hydrogens (tertiary/aromatic N) is 2. The fourth-order valence-electron chi connectivity index (χ4n) is 11.8. The molecule has 6 heterocycles. The molecule has 2 nitrogen and oxygen atoms in total. The second-order valence-electron chi connectivity index (χ2n) is 17.1. The summed E-state index contributed by atoms with van der Waals surface area (Å²) in [4.78, 5) is 5.56. The third-order valence-corrected chi connectivity index (χ3v) is 16.8. The Hall–Kier alpha value is -6.59. The fraction of sp³-hybridized carbons (Fsp3) is 0.0182. The van der Waals surface area contributed by atoms with Crippen LogP contribution in [-0.4, -0.2) is 22.6 Å². The number of aromatic nitrogens is 2. The molecule has 11 aromatic rings. The smallest absolute Gasteiger partial charge is 0.249 e. The first-order valence-corrected chi connectivity index (χ1v) is 22.9. The van der Waals surface area contributed by atoms with Gasteiger partial charge in [0, 0.05) is 52.5 Å². The van der Waals surface area contributed by atoms with Crippen LogP contribution in [0.2, 0.25) is 0 Å². The monoisotopic (exact) mass is 806 g/mol. The molecule has 0 spiro atoms. The molecule has 0 N–H and O–H groups in total. The van der Waals surface area contributed by atoms with Crippen molar-refractivity contribution >= 4 is 113 Å². The molecule has 280 valence electrons. The first kappa shape index (κ1) is 33.2. The van der Waals surface area contributed by atoms with Crippen LogP contribution < -0.4 is 32.8 Å². The maximum Gasteiger partial charge on any atom is 0.249 e. The van der Waals surface area contributed by atoms with Gasteiger partial charge in [-0.3, -0.25) is 0 Å². The summed E-state index contributed by atoms with van der Waals surface area (Å²) in [7, 11) is 0. The molecule has 15 rings (SSSR count). The van der Waals surface area contributed by atoms with Gasteiger partial charge >= 0.3 is 0 Å². The molecule has 0 unspecified atom stereocenters. The number of fused-ring (bicyclic) bond motifs is 16. The van der Waals surface area contributed by atoms with Crippen LogP contribution in [0.4, 0.5) is 0 Å². The van der Waals surface area contributed by atoms with Crippen LogP contribution in [0.5, 0.6) is 0 Å². The number of rotatable bonds is 2. The predicted molar refractivity (Wildman–Crippen MR) is 261 cm³/mol. The Balaban J connectivity index is 1.06. The summed E-state index contributed by atoms with van der Waals surface area (Å²) in [5.74, 6) is 0. The van der Waals surface area contributed by atoms with Gasteiger partial charge < -0.3 is 9.13 Å². The topological polar surface area (TPSA) is 9.86 Å². The van der Waals surface area contributed by atoms with E-state index in [1.54, 1.807) is 0 Å². The third-order valence-electron chi connectivity index (χ3n) is 14.2. The van der Waals surface area contributed by atoms with E-state index in [0.717, 1.165) is 0 Å². The van der Waals surface area contributed by atoms with E-state index in [9.17, 15) is 0 Å². The van der Waals surface area contributed by atoms with Crippen LogP contribution in [0.15, 0.2) is 196 Å². The van der Waals surface area contributed by atoms with Crippen molar-refractivity contribution in [2.45, 2.75) is 26.5 Å². The SMILES string of the molecule is Cc1c2c(cc3c1Sc1cc(-c4ccccc4)c4c5ccccc5n5c4c1B3c1ccccc1-5)B1c3ccccc3-n3c4ccccc4c4c(-c5ccccc5)cc(c1c43)S2. The second kappa shape index (κ2) is 11.8. The largest absolute Gasteiger partial charge is 0.310 e. The Kier molecular flexibility index (Phi) is 6.43. The van der Waals surface area contributed by atoms with Crippen LogP contribution in [0.3, 0.4) is 0 Å². The Morgan fingerprint density at radius 3 is 1.30 bits per heavy atom. The lowest BCUT2D eigenvalue weighted by molar-refractivity contribution is 1.17. The summed E-state index contributed by atoms with van der Waals surface area (Å²) in [5.41, 5.74) is 22.9. The van der Waals surface area contributed by atoms with Crippen molar-refractivity contribution in [1.29, 1.82) is 0 Å². The van der Waals surface area contributed by atoms with Crippen molar-refractivity contribution in [2.24, 2.45) is 0 Å². The van der Waals surface area contributed by atoms with Crippen LogP contribution in [-0.2, 0) is 0 Å². The molecule has 0 fully saturated rings. The molecule has 0 aliphatic carbocycles. The summed E-state index contributed by atoms with van der Waals surface area (Å²) in [6.07, 6.45) is 0. The number of benzene rings is 9. The highest BCUT2D eigenvalue weighted by Crippen LogP contribution is 2.49. The van der Waals surface area contributed by atoms with E-state index in [0.29, 0.717) is 0 Å². The third kappa shape index (κ3) is 4.11. The molecule has 6 heteroatoms. The second-order valence-corrected chi connectivity index (χ2v) is 19.2. The average molecular weight is 807 g/mol. The molecule has 0 saturated heterocycles. The van der Waals surface area contributed by atoms with E-state index in [4.69, 9.17) is 0 Å². The molecular weight excluding hydrogens is 774 g/mol. The van der Waals surface area contributed by atoms with Gasteiger partial charge in [0.25, 0.3) is 0 Å². The Morgan fingerprint density at radius 2 is 0.820 bits per heavy atom. The van der Waals surface area contributed by atoms with E-state index in [1.807, 2.05) is 23.5 Å². The van der Waals surface area contributed by atoms with Gasteiger partial charge in [0.15, 0.2) is 0 Å². The lowest BCUT2D eigenvalue weighted by Gasteiger charge is -2.38. The maximum absolute atomic E-state index is 2.66. The van der Waals surface area contributed by atoms with E-state index in [2.05, 4.69) is 192 Å². The van der Waals surface area contributed by atoms with Crippen molar-refractivity contribution in [1.82, 2.24) is 9.13 Å². The summed E-state index contributed by atoms with van der Waals surface area (Å²) in [6, 6.07) is 66.4. The highest BCUT2D eigenvalue weighted by Gasteiger charge is 2.45.